The first-order valence-electron chi connectivity index (χ1n) is 7.53. The molecule has 0 aliphatic heterocycles. The number of nitro groups is 1. The van der Waals surface area contributed by atoms with E-state index >= 15 is 0 Å². The van der Waals surface area contributed by atoms with E-state index in [0.717, 1.165) is 0 Å². The van der Waals surface area contributed by atoms with E-state index in [0.29, 0.717) is 24.6 Å². The van der Waals surface area contributed by atoms with Gasteiger partial charge in [0.2, 0.25) is 0 Å². The molecule has 1 fully saturated rings. The SMILES string of the molecule is O=C(N[C@H]1CC[C@@H](C(=O)O)C1)c1ccc([N+](=O)[O-])c2cccnc12. The van der Waals surface area contributed by atoms with Gasteiger partial charge >= 0.3 is 5.97 Å². The monoisotopic (exact) mass is 329 g/mol. The van der Waals surface area contributed by atoms with E-state index < -0.39 is 22.7 Å². The van der Waals surface area contributed by atoms with Crippen molar-refractivity contribution >= 4 is 28.5 Å². The Kier molecular flexibility index (Phi) is 4.11. The number of aliphatic carboxylic acids is 1. The molecule has 1 heterocycles. The van der Waals surface area contributed by atoms with Gasteiger partial charge < -0.3 is 10.4 Å². The lowest BCUT2D eigenvalue weighted by Gasteiger charge is -2.13. The molecule has 1 amide bonds. The number of carbonyl (C=O) groups is 2. The molecule has 1 aromatic heterocycles. The highest BCUT2D eigenvalue weighted by molar-refractivity contribution is 6.07. The van der Waals surface area contributed by atoms with E-state index in [2.05, 4.69) is 10.3 Å². The van der Waals surface area contributed by atoms with Gasteiger partial charge in [0.1, 0.15) is 0 Å². The van der Waals surface area contributed by atoms with E-state index in [4.69, 9.17) is 5.11 Å². The summed E-state index contributed by atoms with van der Waals surface area (Å²) in [5, 5.41) is 23.2. The zero-order valence-corrected chi connectivity index (χ0v) is 12.6. The van der Waals surface area contributed by atoms with Crippen LogP contribution in [0, 0.1) is 16.0 Å². The third-order valence-corrected chi connectivity index (χ3v) is 4.31. The Morgan fingerprint density at radius 3 is 2.75 bits per heavy atom. The van der Waals surface area contributed by atoms with E-state index in [9.17, 15) is 19.7 Å². The summed E-state index contributed by atoms with van der Waals surface area (Å²) in [6, 6.07) is 5.58. The van der Waals surface area contributed by atoms with Crippen molar-refractivity contribution in [2.24, 2.45) is 5.92 Å². The van der Waals surface area contributed by atoms with E-state index in [-0.39, 0.29) is 22.8 Å². The highest BCUT2D eigenvalue weighted by Crippen LogP contribution is 2.28. The molecule has 2 N–H and O–H groups in total. The number of aromatic nitrogens is 1. The van der Waals surface area contributed by atoms with Crippen molar-refractivity contribution in [3.05, 3.63) is 46.1 Å². The van der Waals surface area contributed by atoms with E-state index in [1.165, 1.54) is 18.3 Å². The molecule has 0 spiro atoms. The predicted molar refractivity (Wildman–Crippen MR) is 84.6 cm³/mol. The van der Waals surface area contributed by atoms with Gasteiger partial charge in [-0.2, -0.15) is 0 Å². The molecule has 0 bridgehead atoms. The Morgan fingerprint density at radius 2 is 2.08 bits per heavy atom. The largest absolute Gasteiger partial charge is 0.481 e. The average Bonchev–Trinajstić information content (AvgIpc) is 3.02. The van der Waals surface area contributed by atoms with Crippen LogP contribution in [0.2, 0.25) is 0 Å². The van der Waals surface area contributed by atoms with Crippen LogP contribution in [0.3, 0.4) is 0 Å². The summed E-state index contributed by atoms with van der Waals surface area (Å²) in [6.45, 7) is 0. The third-order valence-electron chi connectivity index (χ3n) is 4.31. The topological polar surface area (TPSA) is 122 Å². The van der Waals surface area contributed by atoms with Gasteiger partial charge in [0, 0.05) is 18.3 Å². The molecule has 0 unspecified atom stereocenters. The van der Waals surface area contributed by atoms with Gasteiger partial charge in [0.05, 0.1) is 27.3 Å². The van der Waals surface area contributed by atoms with Crippen molar-refractivity contribution in [1.82, 2.24) is 10.3 Å². The lowest BCUT2D eigenvalue weighted by molar-refractivity contribution is -0.383. The number of benzene rings is 1. The second kappa shape index (κ2) is 6.23. The van der Waals surface area contributed by atoms with Crippen LogP contribution in [-0.2, 0) is 4.79 Å². The number of carboxylic acids is 1. The molecule has 1 aromatic carbocycles. The number of rotatable bonds is 4. The Morgan fingerprint density at radius 1 is 1.29 bits per heavy atom. The quantitative estimate of drug-likeness (QED) is 0.654. The first-order chi connectivity index (χ1) is 11.5. The first kappa shape index (κ1) is 15.9. The van der Waals surface area contributed by atoms with Gasteiger partial charge in [-0.05, 0) is 37.5 Å². The second-order valence-corrected chi connectivity index (χ2v) is 5.81. The first-order valence-corrected chi connectivity index (χ1v) is 7.53. The number of hydrogen-bond acceptors (Lipinski definition) is 5. The minimum Gasteiger partial charge on any atom is -0.481 e. The fourth-order valence-corrected chi connectivity index (χ4v) is 3.10. The van der Waals surface area contributed by atoms with E-state index in [1.54, 1.807) is 12.1 Å². The summed E-state index contributed by atoms with van der Waals surface area (Å²) in [5.41, 5.74) is 0.397. The van der Waals surface area contributed by atoms with Crippen LogP contribution in [0.1, 0.15) is 29.6 Å². The number of non-ortho nitro benzene ring substituents is 1. The van der Waals surface area contributed by atoms with Crippen molar-refractivity contribution in [1.29, 1.82) is 0 Å². The number of nitro benzene ring substituents is 1. The predicted octanol–water partition coefficient (Wildman–Crippen LogP) is 2.13. The maximum Gasteiger partial charge on any atom is 0.306 e. The molecule has 1 saturated carbocycles. The molecule has 1 aliphatic carbocycles. The zero-order valence-electron chi connectivity index (χ0n) is 12.6. The van der Waals surface area contributed by atoms with Crippen LogP contribution in [-0.4, -0.2) is 32.9 Å². The lowest BCUT2D eigenvalue weighted by Crippen LogP contribution is -2.33. The molecule has 0 saturated heterocycles. The zero-order chi connectivity index (χ0) is 17.3. The van der Waals surface area contributed by atoms with Crippen molar-refractivity contribution in [3.63, 3.8) is 0 Å². The molecule has 8 heteroatoms. The molecule has 3 rings (SSSR count). The van der Waals surface area contributed by atoms with Crippen LogP contribution < -0.4 is 5.32 Å². The van der Waals surface area contributed by atoms with E-state index in [1.807, 2.05) is 0 Å². The normalized spacial score (nSPS) is 20.0. The minimum absolute atomic E-state index is 0.110. The van der Waals surface area contributed by atoms with Crippen molar-refractivity contribution in [3.8, 4) is 0 Å². The summed E-state index contributed by atoms with van der Waals surface area (Å²) >= 11 is 0. The molecule has 2 aromatic rings. The van der Waals surface area contributed by atoms with Gasteiger partial charge in [-0.3, -0.25) is 24.7 Å². The number of carboxylic acid groups (broad SMARTS) is 1. The summed E-state index contributed by atoms with van der Waals surface area (Å²) < 4.78 is 0. The maximum atomic E-state index is 12.5. The molecule has 1 aliphatic rings. The van der Waals surface area contributed by atoms with Crippen LogP contribution in [0.15, 0.2) is 30.5 Å². The third kappa shape index (κ3) is 2.90. The Bertz CT molecular complexity index is 836. The number of nitrogens with one attached hydrogen (secondary N) is 1. The fourth-order valence-electron chi connectivity index (χ4n) is 3.10. The summed E-state index contributed by atoms with van der Waals surface area (Å²) in [4.78, 5) is 38.2. The molecule has 124 valence electrons. The van der Waals surface area contributed by atoms with Crippen molar-refractivity contribution < 1.29 is 19.6 Å². The maximum absolute atomic E-state index is 12.5. The Balaban J connectivity index is 1.87. The summed E-state index contributed by atoms with van der Waals surface area (Å²) in [5.74, 6) is -1.69. The van der Waals surface area contributed by atoms with Gasteiger partial charge in [0.15, 0.2) is 0 Å². The van der Waals surface area contributed by atoms with Crippen molar-refractivity contribution in [2.45, 2.75) is 25.3 Å². The second-order valence-electron chi connectivity index (χ2n) is 5.81. The smallest absolute Gasteiger partial charge is 0.306 e. The number of pyridine rings is 1. The molecule has 2 atom stereocenters. The number of hydrogen-bond donors (Lipinski definition) is 2. The molecule has 0 radical (unpaired) electrons. The fraction of sp³-hybridized carbons (Fsp3) is 0.312. The number of nitrogens with zero attached hydrogens (tertiary/aromatic N) is 2. The Labute approximate surface area is 136 Å². The lowest BCUT2D eigenvalue weighted by atomic mass is 10.1. The highest BCUT2D eigenvalue weighted by atomic mass is 16.6. The highest BCUT2D eigenvalue weighted by Gasteiger charge is 2.31. The van der Waals surface area contributed by atoms with Crippen LogP contribution >= 0.6 is 0 Å². The van der Waals surface area contributed by atoms with Crippen LogP contribution in [0.4, 0.5) is 5.69 Å². The van der Waals surface area contributed by atoms with Gasteiger partial charge in [-0.25, -0.2) is 0 Å². The molecular weight excluding hydrogens is 314 g/mol. The van der Waals surface area contributed by atoms with Crippen LogP contribution in [0.25, 0.3) is 10.9 Å². The number of fused-ring (bicyclic) bond motifs is 1. The van der Waals surface area contributed by atoms with Gasteiger partial charge in [0.25, 0.3) is 11.6 Å². The number of amides is 1. The Hall–Kier alpha value is -3.03. The van der Waals surface area contributed by atoms with Crippen molar-refractivity contribution in [2.75, 3.05) is 0 Å². The minimum atomic E-state index is -0.853. The molecule has 24 heavy (non-hydrogen) atoms. The number of carbonyl (C=O) groups excluding carboxylic acids is 1. The standard InChI is InChI=1S/C16H15N3O5/c20-15(18-10-4-3-9(8-10)16(21)22)12-5-6-13(19(23)24)11-2-1-7-17-14(11)12/h1-2,5-7,9-10H,3-4,8H2,(H,18,20)(H,21,22)/t9-,10+/m1/s1. The summed E-state index contributed by atoms with van der Waals surface area (Å²) in [6.07, 6.45) is 2.98. The van der Waals surface area contributed by atoms with Gasteiger partial charge in [-0.15, -0.1) is 0 Å². The van der Waals surface area contributed by atoms with Crippen LogP contribution in [0.5, 0.6) is 0 Å². The summed E-state index contributed by atoms with van der Waals surface area (Å²) in [7, 11) is 0. The van der Waals surface area contributed by atoms with Gasteiger partial charge in [-0.1, -0.05) is 0 Å². The average molecular weight is 329 g/mol. The molecular formula is C16H15N3O5. The molecule has 8 nitrogen and oxygen atoms in total.